The minimum absolute atomic E-state index is 0.0223. The molecule has 1 amide bonds. The van der Waals surface area contributed by atoms with Crippen LogP contribution in [0, 0.1) is 5.92 Å². The predicted molar refractivity (Wildman–Crippen MR) is 79.1 cm³/mol. The van der Waals surface area contributed by atoms with Crippen molar-refractivity contribution in [1.82, 2.24) is 0 Å². The highest BCUT2D eigenvalue weighted by Gasteiger charge is 2.40. The van der Waals surface area contributed by atoms with Crippen molar-refractivity contribution in [2.45, 2.75) is 25.7 Å². The second-order valence-corrected chi connectivity index (χ2v) is 6.58. The lowest BCUT2D eigenvalue weighted by atomic mass is 9.89. The molecule has 0 N–H and O–H groups in total. The van der Waals surface area contributed by atoms with Crippen LogP contribution in [0.4, 0.5) is 0 Å². The van der Waals surface area contributed by atoms with Crippen LogP contribution in [0.5, 0.6) is 0 Å². The fraction of sp³-hybridized carbons (Fsp3) is 0.462. The minimum atomic E-state index is -0.140. The number of nitrogens with zero attached hydrogens (tertiary/aromatic N) is 2. The van der Waals surface area contributed by atoms with E-state index in [1.165, 1.54) is 35.1 Å². The standard InChI is InChI=1S/C13H14N2OS2/c1-2-7-17-13-14-11(16)10-8-5-3-4-6-9(8)18-12(10)15-13/h2,10H,1,3-7H2. The highest BCUT2D eigenvalue weighted by Crippen LogP contribution is 2.47. The number of aliphatic imine (C=N–C) groups is 2. The Hall–Kier alpha value is -0.810. The van der Waals surface area contributed by atoms with E-state index in [0.717, 1.165) is 23.6 Å². The minimum Gasteiger partial charge on any atom is -0.271 e. The summed E-state index contributed by atoms with van der Waals surface area (Å²) in [7, 11) is 0. The van der Waals surface area contributed by atoms with Gasteiger partial charge in [-0.15, -0.1) is 6.58 Å². The van der Waals surface area contributed by atoms with Crippen LogP contribution in [0.3, 0.4) is 0 Å². The number of amidine groups is 1. The second-order valence-electron chi connectivity index (χ2n) is 4.47. The lowest BCUT2D eigenvalue weighted by Crippen LogP contribution is -2.25. The van der Waals surface area contributed by atoms with Crippen molar-refractivity contribution in [2.75, 3.05) is 5.75 Å². The Kier molecular flexibility index (Phi) is 3.43. The molecular weight excluding hydrogens is 264 g/mol. The summed E-state index contributed by atoms with van der Waals surface area (Å²) < 4.78 is 0. The Labute approximate surface area is 115 Å². The van der Waals surface area contributed by atoms with E-state index in [0.29, 0.717) is 5.17 Å². The van der Waals surface area contributed by atoms with Crippen molar-refractivity contribution < 1.29 is 4.79 Å². The lowest BCUT2D eigenvalue weighted by Gasteiger charge is -2.17. The molecule has 0 aromatic heterocycles. The van der Waals surface area contributed by atoms with Crippen molar-refractivity contribution in [1.29, 1.82) is 0 Å². The summed E-state index contributed by atoms with van der Waals surface area (Å²) >= 11 is 3.18. The first kappa shape index (κ1) is 12.2. The van der Waals surface area contributed by atoms with Gasteiger partial charge < -0.3 is 0 Å². The fourth-order valence-corrected chi connectivity index (χ4v) is 4.46. The number of amides is 1. The summed E-state index contributed by atoms with van der Waals surface area (Å²) in [5, 5.41) is 1.55. The number of hydrogen-bond acceptors (Lipinski definition) is 4. The molecule has 0 spiro atoms. The highest BCUT2D eigenvalue weighted by atomic mass is 32.2. The van der Waals surface area contributed by atoms with E-state index < -0.39 is 0 Å². The monoisotopic (exact) mass is 278 g/mol. The number of hydrogen-bond donors (Lipinski definition) is 0. The van der Waals surface area contributed by atoms with E-state index in [9.17, 15) is 4.79 Å². The molecule has 0 saturated carbocycles. The lowest BCUT2D eigenvalue weighted by molar-refractivity contribution is -0.118. The maximum Gasteiger partial charge on any atom is 0.262 e. The molecule has 0 fully saturated rings. The molecule has 3 nitrogen and oxygen atoms in total. The van der Waals surface area contributed by atoms with Gasteiger partial charge in [-0.05, 0) is 36.2 Å². The van der Waals surface area contributed by atoms with Crippen LogP contribution in [0.2, 0.25) is 0 Å². The van der Waals surface area contributed by atoms with Gasteiger partial charge in [-0.25, -0.2) is 4.99 Å². The van der Waals surface area contributed by atoms with E-state index in [1.807, 2.05) is 0 Å². The fourth-order valence-electron chi connectivity index (χ4n) is 2.48. The number of rotatable bonds is 2. The van der Waals surface area contributed by atoms with Crippen molar-refractivity contribution in [2.24, 2.45) is 15.9 Å². The Bertz CT molecular complexity index is 505. The molecule has 2 aliphatic heterocycles. The molecule has 1 atom stereocenters. The number of thioether (sulfide) groups is 2. The van der Waals surface area contributed by atoms with Crippen LogP contribution in [0.15, 0.2) is 33.1 Å². The maximum atomic E-state index is 12.1. The van der Waals surface area contributed by atoms with Crippen LogP contribution in [-0.2, 0) is 4.79 Å². The molecule has 3 rings (SSSR count). The Morgan fingerprint density at radius 2 is 2.22 bits per heavy atom. The molecule has 1 unspecified atom stereocenters. The first-order valence-corrected chi connectivity index (χ1v) is 7.94. The molecule has 3 aliphatic rings. The molecule has 1 aliphatic carbocycles. The summed E-state index contributed by atoms with van der Waals surface area (Å²) in [6, 6.07) is 0. The molecule has 0 radical (unpaired) electrons. The van der Waals surface area contributed by atoms with E-state index in [2.05, 4.69) is 16.6 Å². The first-order valence-electron chi connectivity index (χ1n) is 6.14. The van der Waals surface area contributed by atoms with Gasteiger partial charge in [0.15, 0.2) is 5.17 Å². The van der Waals surface area contributed by atoms with Gasteiger partial charge in [0.2, 0.25) is 0 Å². The first-order chi connectivity index (χ1) is 8.79. The summed E-state index contributed by atoms with van der Waals surface area (Å²) in [4.78, 5) is 22.2. The van der Waals surface area contributed by atoms with Crippen molar-refractivity contribution in [3.05, 3.63) is 23.1 Å². The van der Waals surface area contributed by atoms with Gasteiger partial charge in [0.25, 0.3) is 5.91 Å². The summed E-state index contributed by atoms with van der Waals surface area (Å²) in [6.07, 6.45) is 6.38. The van der Waals surface area contributed by atoms with Gasteiger partial charge in [0.05, 0.1) is 5.04 Å². The topological polar surface area (TPSA) is 41.8 Å². The molecule has 2 heterocycles. The maximum absolute atomic E-state index is 12.1. The van der Waals surface area contributed by atoms with Gasteiger partial charge >= 0.3 is 0 Å². The number of carbonyl (C=O) groups is 1. The van der Waals surface area contributed by atoms with Crippen molar-refractivity contribution in [3.8, 4) is 0 Å². The van der Waals surface area contributed by atoms with Crippen LogP contribution in [0.1, 0.15) is 25.7 Å². The molecule has 0 aromatic carbocycles. The van der Waals surface area contributed by atoms with E-state index in [-0.39, 0.29) is 11.8 Å². The van der Waals surface area contributed by atoms with Crippen molar-refractivity contribution >= 4 is 39.6 Å². The van der Waals surface area contributed by atoms with E-state index >= 15 is 0 Å². The quantitative estimate of drug-likeness (QED) is 0.727. The summed E-state index contributed by atoms with van der Waals surface area (Å²) in [5.41, 5.74) is 1.30. The predicted octanol–water partition coefficient (Wildman–Crippen LogP) is 3.39. The van der Waals surface area contributed by atoms with Crippen LogP contribution < -0.4 is 0 Å². The number of carbonyl (C=O) groups excluding carboxylic acids is 1. The summed E-state index contributed by atoms with van der Waals surface area (Å²) in [5.74, 6) is 0.579. The highest BCUT2D eigenvalue weighted by molar-refractivity contribution is 8.18. The molecule has 0 bridgehead atoms. The van der Waals surface area contributed by atoms with Crippen LogP contribution >= 0.6 is 23.5 Å². The van der Waals surface area contributed by atoms with E-state index in [1.54, 1.807) is 17.8 Å². The van der Waals surface area contributed by atoms with Gasteiger partial charge in [-0.1, -0.05) is 29.6 Å². The average Bonchev–Trinajstić information content (AvgIpc) is 2.74. The number of allylic oxidation sites excluding steroid dienone is 1. The average molecular weight is 278 g/mol. The molecular formula is C13H14N2OS2. The zero-order valence-corrected chi connectivity index (χ0v) is 11.6. The zero-order valence-electron chi connectivity index (χ0n) is 10.0. The SMILES string of the molecule is C=CCSC1=NC(=O)C2C(=N1)SC1=C2CCCC1. The zero-order chi connectivity index (χ0) is 12.5. The molecule has 5 heteroatoms. The van der Waals surface area contributed by atoms with Gasteiger partial charge in [0.1, 0.15) is 5.92 Å². The van der Waals surface area contributed by atoms with Gasteiger partial charge in [-0.2, -0.15) is 4.99 Å². The smallest absolute Gasteiger partial charge is 0.262 e. The third kappa shape index (κ3) is 2.10. The van der Waals surface area contributed by atoms with Crippen LogP contribution in [0.25, 0.3) is 0 Å². The van der Waals surface area contributed by atoms with E-state index in [4.69, 9.17) is 0 Å². The van der Waals surface area contributed by atoms with Gasteiger partial charge in [-0.3, -0.25) is 4.79 Å². The molecule has 94 valence electrons. The normalized spacial score (nSPS) is 26.4. The third-order valence-corrected chi connectivity index (χ3v) is 5.36. The third-order valence-electron chi connectivity index (χ3n) is 3.27. The van der Waals surface area contributed by atoms with Gasteiger partial charge in [0, 0.05) is 5.75 Å². The van der Waals surface area contributed by atoms with Crippen molar-refractivity contribution in [3.63, 3.8) is 0 Å². The Morgan fingerprint density at radius 3 is 3.06 bits per heavy atom. The second kappa shape index (κ2) is 5.05. The largest absolute Gasteiger partial charge is 0.271 e. The number of fused-ring (bicyclic) bond motifs is 2. The summed E-state index contributed by atoms with van der Waals surface area (Å²) in [6.45, 7) is 3.67. The molecule has 0 saturated heterocycles. The Balaban J connectivity index is 1.85. The van der Waals surface area contributed by atoms with Crippen LogP contribution in [-0.4, -0.2) is 21.9 Å². The Morgan fingerprint density at radius 1 is 1.39 bits per heavy atom. The molecule has 18 heavy (non-hydrogen) atoms. The molecule has 0 aromatic rings.